The molecule has 4 heteroatoms. The van der Waals surface area contributed by atoms with Crippen molar-refractivity contribution in [2.45, 2.75) is 19.9 Å². The van der Waals surface area contributed by atoms with Crippen LogP contribution in [-0.2, 0) is 13.0 Å². The summed E-state index contributed by atoms with van der Waals surface area (Å²) in [5.41, 5.74) is 8.92. The van der Waals surface area contributed by atoms with Gasteiger partial charge in [0.15, 0.2) is 0 Å². The van der Waals surface area contributed by atoms with Crippen molar-refractivity contribution in [2.75, 3.05) is 0 Å². The van der Waals surface area contributed by atoms with Gasteiger partial charge in [-0.1, -0.05) is 30.1 Å². The minimum absolute atomic E-state index is 0.491. The molecule has 0 bridgehead atoms. The molecular formula is C11H12Cl2N2. The lowest BCUT2D eigenvalue weighted by molar-refractivity contribution is 0.987. The first-order valence-electron chi connectivity index (χ1n) is 4.86. The number of halogens is 2. The molecule has 1 aromatic heterocycles. The molecule has 1 aromatic carbocycles. The van der Waals surface area contributed by atoms with E-state index in [1.165, 1.54) is 0 Å². The third-order valence-electron chi connectivity index (χ3n) is 2.56. The summed E-state index contributed by atoms with van der Waals surface area (Å²) in [6, 6.07) is 3.62. The van der Waals surface area contributed by atoms with Crippen LogP contribution in [0.4, 0.5) is 0 Å². The first kappa shape index (κ1) is 10.8. The smallest absolute Gasteiger partial charge is 0.0518 e. The number of benzene rings is 1. The van der Waals surface area contributed by atoms with Gasteiger partial charge in [0.25, 0.3) is 0 Å². The molecule has 80 valence electrons. The Balaban J connectivity index is 2.83. The number of hydrogen-bond donors (Lipinski definition) is 2. The molecule has 0 radical (unpaired) electrons. The molecule has 2 nitrogen and oxygen atoms in total. The highest BCUT2D eigenvalue weighted by Crippen LogP contribution is 2.32. The lowest BCUT2D eigenvalue weighted by atomic mass is 10.1. The monoisotopic (exact) mass is 242 g/mol. The average molecular weight is 243 g/mol. The van der Waals surface area contributed by atoms with E-state index in [2.05, 4.69) is 11.9 Å². The van der Waals surface area contributed by atoms with Gasteiger partial charge in [-0.15, -0.1) is 0 Å². The van der Waals surface area contributed by atoms with Crippen LogP contribution in [0, 0.1) is 0 Å². The standard InChI is InChI=1S/C11H12Cl2N2/c1-2-9-7(5-14)11-8(13)3-6(12)4-10(11)15-9/h3-4,15H,2,5,14H2,1H3. The first-order valence-corrected chi connectivity index (χ1v) is 5.61. The number of nitrogens with two attached hydrogens (primary N) is 1. The van der Waals surface area contributed by atoms with Crippen LogP contribution < -0.4 is 5.73 Å². The maximum Gasteiger partial charge on any atom is 0.0518 e. The molecule has 0 fully saturated rings. The quantitative estimate of drug-likeness (QED) is 0.832. The zero-order valence-electron chi connectivity index (χ0n) is 8.40. The minimum Gasteiger partial charge on any atom is -0.358 e. The number of aryl methyl sites for hydroxylation is 1. The van der Waals surface area contributed by atoms with E-state index < -0.39 is 0 Å². The maximum absolute atomic E-state index is 6.16. The average Bonchev–Trinajstić information content (AvgIpc) is 2.55. The Kier molecular flexibility index (Phi) is 2.91. The topological polar surface area (TPSA) is 41.8 Å². The van der Waals surface area contributed by atoms with Crippen molar-refractivity contribution in [3.05, 3.63) is 33.4 Å². The van der Waals surface area contributed by atoms with Gasteiger partial charge in [-0.25, -0.2) is 0 Å². The third-order valence-corrected chi connectivity index (χ3v) is 3.08. The molecule has 0 aliphatic carbocycles. The predicted octanol–water partition coefficient (Wildman–Crippen LogP) is 3.50. The zero-order chi connectivity index (χ0) is 11.0. The summed E-state index contributed by atoms with van der Waals surface area (Å²) < 4.78 is 0. The normalized spacial score (nSPS) is 11.2. The highest BCUT2D eigenvalue weighted by atomic mass is 35.5. The van der Waals surface area contributed by atoms with Crippen molar-refractivity contribution in [3.8, 4) is 0 Å². The Hall–Kier alpha value is -0.700. The van der Waals surface area contributed by atoms with Gasteiger partial charge in [-0.05, 0) is 24.1 Å². The van der Waals surface area contributed by atoms with Gasteiger partial charge in [0.2, 0.25) is 0 Å². The molecule has 0 aliphatic rings. The molecule has 15 heavy (non-hydrogen) atoms. The molecular weight excluding hydrogens is 231 g/mol. The van der Waals surface area contributed by atoms with Crippen molar-refractivity contribution in [3.63, 3.8) is 0 Å². The van der Waals surface area contributed by atoms with E-state index in [9.17, 15) is 0 Å². The van der Waals surface area contributed by atoms with Crippen LogP contribution in [0.1, 0.15) is 18.2 Å². The van der Waals surface area contributed by atoms with Crippen molar-refractivity contribution >= 4 is 34.1 Å². The van der Waals surface area contributed by atoms with Crippen LogP contribution >= 0.6 is 23.2 Å². The molecule has 0 atom stereocenters. The molecule has 0 saturated heterocycles. The fourth-order valence-corrected chi connectivity index (χ4v) is 2.50. The van der Waals surface area contributed by atoms with Crippen LogP contribution in [-0.4, -0.2) is 4.98 Å². The summed E-state index contributed by atoms with van der Waals surface area (Å²) in [5, 5.41) is 2.30. The number of aromatic amines is 1. The summed E-state index contributed by atoms with van der Waals surface area (Å²) in [6.07, 6.45) is 0.912. The van der Waals surface area contributed by atoms with E-state index in [4.69, 9.17) is 28.9 Å². The molecule has 1 heterocycles. The van der Waals surface area contributed by atoms with E-state index in [0.29, 0.717) is 16.6 Å². The van der Waals surface area contributed by atoms with Gasteiger partial charge in [-0.2, -0.15) is 0 Å². The highest BCUT2D eigenvalue weighted by Gasteiger charge is 2.12. The van der Waals surface area contributed by atoms with E-state index in [-0.39, 0.29) is 0 Å². The molecule has 3 N–H and O–H groups in total. The summed E-state index contributed by atoms with van der Waals surface area (Å²) >= 11 is 12.1. The second kappa shape index (κ2) is 4.05. The lowest BCUT2D eigenvalue weighted by Crippen LogP contribution is -1.99. The molecule has 2 rings (SSSR count). The summed E-state index contributed by atoms with van der Waals surface area (Å²) in [6.45, 7) is 2.57. The Labute approximate surface area is 98.4 Å². The van der Waals surface area contributed by atoms with Crippen molar-refractivity contribution in [1.82, 2.24) is 4.98 Å². The molecule has 0 aliphatic heterocycles. The summed E-state index contributed by atoms with van der Waals surface area (Å²) in [5.74, 6) is 0. The molecule has 2 aromatic rings. The third kappa shape index (κ3) is 1.73. The molecule has 0 amide bonds. The maximum atomic E-state index is 6.16. The number of hydrogen-bond acceptors (Lipinski definition) is 1. The fraction of sp³-hybridized carbons (Fsp3) is 0.273. The summed E-state index contributed by atoms with van der Waals surface area (Å²) in [4.78, 5) is 3.30. The minimum atomic E-state index is 0.491. The van der Waals surface area contributed by atoms with E-state index in [0.717, 1.165) is 28.6 Å². The Morgan fingerprint density at radius 2 is 2.07 bits per heavy atom. The van der Waals surface area contributed by atoms with Crippen molar-refractivity contribution in [1.29, 1.82) is 0 Å². The number of nitrogens with one attached hydrogen (secondary N) is 1. The zero-order valence-corrected chi connectivity index (χ0v) is 9.91. The number of fused-ring (bicyclic) bond motifs is 1. The van der Waals surface area contributed by atoms with Gasteiger partial charge in [0.05, 0.1) is 5.02 Å². The lowest BCUT2D eigenvalue weighted by Gasteiger charge is -2.00. The van der Waals surface area contributed by atoms with Gasteiger partial charge < -0.3 is 10.7 Å². The Bertz CT molecular complexity index is 503. The molecule has 0 unspecified atom stereocenters. The highest BCUT2D eigenvalue weighted by molar-refractivity contribution is 6.38. The van der Waals surface area contributed by atoms with Crippen LogP contribution in [0.2, 0.25) is 10.0 Å². The second-order valence-corrected chi connectivity index (χ2v) is 4.29. The molecule has 0 saturated carbocycles. The van der Waals surface area contributed by atoms with Crippen molar-refractivity contribution < 1.29 is 0 Å². The van der Waals surface area contributed by atoms with E-state index >= 15 is 0 Å². The van der Waals surface area contributed by atoms with Gasteiger partial charge >= 0.3 is 0 Å². The van der Waals surface area contributed by atoms with Crippen LogP contribution in [0.15, 0.2) is 12.1 Å². The largest absolute Gasteiger partial charge is 0.358 e. The molecule has 0 spiro atoms. The van der Waals surface area contributed by atoms with Gasteiger partial charge in [-0.3, -0.25) is 0 Å². The van der Waals surface area contributed by atoms with Gasteiger partial charge in [0.1, 0.15) is 0 Å². The number of H-pyrrole nitrogens is 1. The fourth-order valence-electron chi connectivity index (χ4n) is 1.89. The van der Waals surface area contributed by atoms with Crippen LogP contribution in [0.3, 0.4) is 0 Å². The van der Waals surface area contributed by atoms with E-state index in [1.807, 2.05) is 6.07 Å². The second-order valence-electron chi connectivity index (χ2n) is 3.45. The predicted molar refractivity (Wildman–Crippen MR) is 65.6 cm³/mol. The van der Waals surface area contributed by atoms with Crippen molar-refractivity contribution in [2.24, 2.45) is 5.73 Å². The van der Waals surface area contributed by atoms with Crippen LogP contribution in [0.25, 0.3) is 10.9 Å². The van der Waals surface area contributed by atoms with Gasteiger partial charge in [0, 0.05) is 28.2 Å². The Morgan fingerprint density at radius 1 is 1.33 bits per heavy atom. The number of rotatable bonds is 2. The first-order chi connectivity index (χ1) is 7.17. The van der Waals surface area contributed by atoms with Crippen LogP contribution in [0.5, 0.6) is 0 Å². The number of aromatic nitrogens is 1. The summed E-state index contributed by atoms with van der Waals surface area (Å²) in [7, 11) is 0. The SMILES string of the molecule is CCc1[nH]c2cc(Cl)cc(Cl)c2c1CN. The van der Waals surface area contributed by atoms with E-state index in [1.54, 1.807) is 6.07 Å². The Morgan fingerprint density at radius 3 is 2.67 bits per heavy atom.